The molecule has 2 aromatic carbocycles. The number of aliphatic imine (C=N–C) groups is 1. The van der Waals surface area contributed by atoms with Gasteiger partial charge >= 0.3 is 5.97 Å². The van der Waals surface area contributed by atoms with Crippen LogP contribution in [0.4, 0.5) is 0 Å². The second kappa shape index (κ2) is 5.66. The minimum absolute atomic E-state index is 0.318. The van der Waals surface area contributed by atoms with Gasteiger partial charge in [0.25, 0.3) is 0 Å². The Balaban J connectivity index is 1.93. The number of ether oxygens (including phenoxy) is 1. The summed E-state index contributed by atoms with van der Waals surface area (Å²) in [7, 11) is 0. The van der Waals surface area contributed by atoms with E-state index in [1.807, 2.05) is 55.5 Å². The molecule has 0 bridgehead atoms. The van der Waals surface area contributed by atoms with Gasteiger partial charge in [0.1, 0.15) is 0 Å². The molecule has 2 aromatic rings. The number of esters is 1. The smallest absolute Gasteiger partial charge is 0.363 e. The van der Waals surface area contributed by atoms with Crippen molar-refractivity contribution in [3.63, 3.8) is 0 Å². The van der Waals surface area contributed by atoms with Crippen LogP contribution in [0.25, 0.3) is 6.08 Å². The maximum Gasteiger partial charge on any atom is 0.363 e. The second-order valence-corrected chi connectivity index (χ2v) is 5.67. The van der Waals surface area contributed by atoms with Crippen LogP contribution >= 0.6 is 15.9 Å². The van der Waals surface area contributed by atoms with Crippen LogP contribution in [0.15, 0.2) is 63.7 Å². The Morgan fingerprint density at radius 3 is 2.62 bits per heavy atom. The van der Waals surface area contributed by atoms with Crippen LogP contribution in [0.1, 0.15) is 16.7 Å². The molecule has 1 aliphatic rings. The topological polar surface area (TPSA) is 38.7 Å². The Bertz CT molecular complexity index is 761. The van der Waals surface area contributed by atoms with Crippen molar-refractivity contribution in [2.24, 2.45) is 4.99 Å². The molecule has 4 heteroatoms. The number of rotatable bonds is 2. The lowest BCUT2D eigenvalue weighted by Crippen LogP contribution is -2.05. The molecule has 0 aromatic heterocycles. The molecule has 104 valence electrons. The van der Waals surface area contributed by atoms with Gasteiger partial charge in [-0.25, -0.2) is 9.79 Å². The van der Waals surface area contributed by atoms with E-state index in [2.05, 4.69) is 20.9 Å². The molecule has 1 heterocycles. The molecule has 0 fully saturated rings. The molecule has 0 saturated heterocycles. The van der Waals surface area contributed by atoms with E-state index < -0.39 is 5.97 Å². The van der Waals surface area contributed by atoms with Crippen molar-refractivity contribution >= 4 is 33.9 Å². The van der Waals surface area contributed by atoms with E-state index in [0.717, 1.165) is 21.2 Å². The Labute approximate surface area is 131 Å². The summed E-state index contributed by atoms with van der Waals surface area (Å²) in [6.45, 7) is 2.01. The zero-order chi connectivity index (χ0) is 14.8. The van der Waals surface area contributed by atoms with E-state index >= 15 is 0 Å². The van der Waals surface area contributed by atoms with E-state index in [1.165, 1.54) is 0 Å². The average Bonchev–Trinajstić information content (AvgIpc) is 2.81. The van der Waals surface area contributed by atoms with Gasteiger partial charge in [0.15, 0.2) is 5.70 Å². The third kappa shape index (κ3) is 3.11. The molecule has 1 aliphatic heterocycles. The number of nitrogens with zero attached hydrogens (tertiary/aromatic N) is 1. The number of aryl methyl sites for hydroxylation is 1. The predicted octanol–water partition coefficient (Wildman–Crippen LogP) is 4.10. The number of halogens is 1. The van der Waals surface area contributed by atoms with E-state index in [0.29, 0.717) is 11.6 Å². The number of cyclic esters (lactones) is 1. The molecular weight excluding hydrogens is 330 g/mol. The highest BCUT2D eigenvalue weighted by Gasteiger charge is 2.23. The standard InChI is InChI=1S/C17H12BrNO2/c1-11-3-2-4-12(9-11)10-15-17(20)21-16(19-15)13-5-7-14(18)8-6-13/h2-10H,1H3/b15-10-. The summed E-state index contributed by atoms with van der Waals surface area (Å²) >= 11 is 3.37. The van der Waals surface area contributed by atoms with Crippen LogP contribution in [-0.2, 0) is 9.53 Å². The first kappa shape index (κ1) is 13.8. The number of hydrogen-bond donors (Lipinski definition) is 0. The lowest BCUT2D eigenvalue weighted by Gasteiger charge is -1.98. The van der Waals surface area contributed by atoms with Gasteiger partial charge in [-0.15, -0.1) is 0 Å². The van der Waals surface area contributed by atoms with Gasteiger partial charge in [-0.05, 0) is 42.8 Å². The fourth-order valence-corrected chi connectivity index (χ4v) is 2.31. The maximum absolute atomic E-state index is 11.9. The Morgan fingerprint density at radius 1 is 1.14 bits per heavy atom. The van der Waals surface area contributed by atoms with Crippen LogP contribution < -0.4 is 0 Å². The third-order valence-corrected chi connectivity index (χ3v) is 3.59. The molecule has 21 heavy (non-hydrogen) atoms. The number of benzene rings is 2. The van der Waals surface area contributed by atoms with E-state index in [-0.39, 0.29) is 0 Å². The van der Waals surface area contributed by atoms with Crippen LogP contribution in [0, 0.1) is 6.92 Å². The summed E-state index contributed by atoms with van der Waals surface area (Å²) in [5.41, 5.74) is 3.16. The average molecular weight is 342 g/mol. The summed E-state index contributed by atoms with van der Waals surface area (Å²) in [4.78, 5) is 16.2. The molecule has 3 rings (SSSR count). The van der Waals surface area contributed by atoms with Gasteiger partial charge in [-0.3, -0.25) is 0 Å². The fourth-order valence-electron chi connectivity index (χ4n) is 2.04. The molecule has 0 saturated carbocycles. The molecule has 0 amide bonds. The Morgan fingerprint density at radius 2 is 1.90 bits per heavy atom. The van der Waals surface area contributed by atoms with Crippen molar-refractivity contribution in [1.82, 2.24) is 0 Å². The third-order valence-electron chi connectivity index (χ3n) is 3.06. The fraction of sp³-hybridized carbons (Fsp3) is 0.0588. The number of carbonyl (C=O) groups excluding carboxylic acids is 1. The van der Waals surface area contributed by atoms with E-state index in [9.17, 15) is 4.79 Å². The monoisotopic (exact) mass is 341 g/mol. The van der Waals surface area contributed by atoms with E-state index in [4.69, 9.17) is 4.74 Å². The Hall–Kier alpha value is -2.20. The summed E-state index contributed by atoms with van der Waals surface area (Å²) in [6, 6.07) is 15.3. The molecule has 0 unspecified atom stereocenters. The normalized spacial score (nSPS) is 16.0. The van der Waals surface area contributed by atoms with Crippen molar-refractivity contribution in [3.05, 3.63) is 75.4 Å². The lowest BCUT2D eigenvalue weighted by molar-refractivity contribution is -0.129. The largest absolute Gasteiger partial charge is 0.402 e. The van der Waals surface area contributed by atoms with Gasteiger partial charge in [-0.2, -0.15) is 0 Å². The number of hydrogen-bond acceptors (Lipinski definition) is 3. The van der Waals surface area contributed by atoms with Crippen LogP contribution in [0.5, 0.6) is 0 Å². The molecule has 0 radical (unpaired) electrons. The molecular formula is C17H12BrNO2. The maximum atomic E-state index is 11.9. The summed E-state index contributed by atoms with van der Waals surface area (Å²) in [5.74, 6) is -0.0826. The summed E-state index contributed by atoms with van der Waals surface area (Å²) < 4.78 is 6.19. The summed E-state index contributed by atoms with van der Waals surface area (Å²) in [6.07, 6.45) is 1.74. The highest BCUT2D eigenvalue weighted by atomic mass is 79.9. The van der Waals surface area contributed by atoms with Gasteiger partial charge in [0.05, 0.1) is 0 Å². The van der Waals surface area contributed by atoms with Crippen molar-refractivity contribution in [2.45, 2.75) is 6.92 Å². The minimum atomic E-state index is -0.422. The quantitative estimate of drug-likeness (QED) is 0.609. The first-order valence-electron chi connectivity index (χ1n) is 6.47. The predicted molar refractivity (Wildman–Crippen MR) is 85.9 cm³/mol. The van der Waals surface area contributed by atoms with Crippen molar-refractivity contribution in [3.8, 4) is 0 Å². The van der Waals surface area contributed by atoms with E-state index in [1.54, 1.807) is 6.08 Å². The van der Waals surface area contributed by atoms with Crippen molar-refractivity contribution < 1.29 is 9.53 Å². The van der Waals surface area contributed by atoms with Crippen LogP contribution in [0.2, 0.25) is 0 Å². The number of carbonyl (C=O) groups is 1. The molecule has 0 spiro atoms. The van der Waals surface area contributed by atoms with Crippen molar-refractivity contribution in [2.75, 3.05) is 0 Å². The SMILES string of the molecule is Cc1cccc(/C=C2\N=C(c3ccc(Br)cc3)OC2=O)c1. The second-order valence-electron chi connectivity index (χ2n) is 4.76. The summed E-state index contributed by atoms with van der Waals surface area (Å²) in [5, 5.41) is 0. The zero-order valence-electron chi connectivity index (χ0n) is 11.3. The van der Waals surface area contributed by atoms with Gasteiger partial charge < -0.3 is 4.74 Å². The molecule has 3 nitrogen and oxygen atoms in total. The molecule has 0 aliphatic carbocycles. The molecule has 0 N–H and O–H groups in total. The first-order chi connectivity index (χ1) is 10.1. The molecule has 0 atom stereocenters. The van der Waals surface area contributed by atoms with Crippen molar-refractivity contribution in [1.29, 1.82) is 0 Å². The van der Waals surface area contributed by atoms with Gasteiger partial charge in [-0.1, -0.05) is 45.8 Å². The minimum Gasteiger partial charge on any atom is -0.402 e. The van der Waals surface area contributed by atoms with Gasteiger partial charge in [0.2, 0.25) is 5.90 Å². The zero-order valence-corrected chi connectivity index (χ0v) is 12.9. The first-order valence-corrected chi connectivity index (χ1v) is 7.26. The lowest BCUT2D eigenvalue weighted by atomic mass is 10.1. The highest BCUT2D eigenvalue weighted by Crippen LogP contribution is 2.20. The van der Waals surface area contributed by atoms with Crippen LogP contribution in [0.3, 0.4) is 0 Å². The Kier molecular flexibility index (Phi) is 3.71. The highest BCUT2D eigenvalue weighted by molar-refractivity contribution is 9.10. The van der Waals surface area contributed by atoms with Gasteiger partial charge in [0, 0.05) is 10.0 Å². The van der Waals surface area contributed by atoms with Crippen LogP contribution in [-0.4, -0.2) is 11.9 Å².